The summed E-state index contributed by atoms with van der Waals surface area (Å²) in [5.41, 5.74) is 0.887. The molecule has 1 N–H and O–H groups in total. The number of aliphatic hydroxyl groups is 1. The van der Waals surface area contributed by atoms with Crippen LogP contribution in [0.5, 0.6) is 0 Å². The van der Waals surface area contributed by atoms with Crippen molar-refractivity contribution in [1.82, 2.24) is 0 Å². The van der Waals surface area contributed by atoms with Gasteiger partial charge in [0.25, 0.3) is 0 Å². The molecule has 0 saturated heterocycles. The molecule has 1 nitrogen and oxygen atoms in total. The molecule has 0 aliphatic rings. The highest BCUT2D eigenvalue weighted by Crippen LogP contribution is 2.23. The van der Waals surface area contributed by atoms with Gasteiger partial charge in [-0.2, -0.15) is 0 Å². The Balaban J connectivity index is 2.88. The fourth-order valence-electron chi connectivity index (χ4n) is 1.08. The van der Waals surface area contributed by atoms with Gasteiger partial charge in [-0.25, -0.2) is 0 Å². The molecule has 1 atom stereocenters. The van der Waals surface area contributed by atoms with Gasteiger partial charge in [-0.05, 0) is 23.6 Å². The van der Waals surface area contributed by atoms with Crippen molar-refractivity contribution in [1.29, 1.82) is 0 Å². The number of hydrogen-bond acceptors (Lipinski definition) is 1. The molecule has 0 aliphatic carbocycles. The average molecular weight is 185 g/mol. The molecule has 0 amide bonds. The Morgan fingerprint density at radius 1 is 1.33 bits per heavy atom. The zero-order chi connectivity index (χ0) is 9.14. The molecule has 12 heavy (non-hydrogen) atoms. The van der Waals surface area contributed by atoms with Crippen molar-refractivity contribution in [2.75, 3.05) is 0 Å². The van der Waals surface area contributed by atoms with Gasteiger partial charge < -0.3 is 5.11 Å². The van der Waals surface area contributed by atoms with Gasteiger partial charge in [-0.3, -0.25) is 0 Å². The van der Waals surface area contributed by atoms with Gasteiger partial charge in [0.15, 0.2) is 0 Å². The van der Waals surface area contributed by atoms with E-state index in [0.717, 1.165) is 5.56 Å². The maximum Gasteiger partial charge on any atom is 0.0813 e. The van der Waals surface area contributed by atoms with Crippen LogP contribution in [0.4, 0.5) is 0 Å². The summed E-state index contributed by atoms with van der Waals surface area (Å²) in [5, 5.41) is 10.3. The fraction of sp³-hybridized carbons (Fsp3) is 0.400. The molecule has 1 aromatic carbocycles. The quantitative estimate of drug-likeness (QED) is 0.749. The number of rotatable bonds is 2. The van der Waals surface area contributed by atoms with Gasteiger partial charge in [0.1, 0.15) is 0 Å². The Morgan fingerprint density at radius 2 is 2.00 bits per heavy atom. The summed E-state index contributed by atoms with van der Waals surface area (Å²) in [6.45, 7) is 3.96. The minimum Gasteiger partial charge on any atom is -0.388 e. The highest BCUT2D eigenvalue weighted by Gasteiger charge is 2.11. The first-order valence-electron chi connectivity index (χ1n) is 4.05. The molecular formula is C10H13ClO. The molecule has 0 aliphatic heterocycles. The molecule has 2 heteroatoms. The lowest BCUT2D eigenvalue weighted by molar-refractivity contribution is 0.127. The van der Waals surface area contributed by atoms with Crippen molar-refractivity contribution < 1.29 is 5.11 Å². The monoisotopic (exact) mass is 184 g/mol. The maximum atomic E-state index is 9.66. The normalized spacial score (nSPS) is 13.4. The third kappa shape index (κ3) is 2.23. The fourth-order valence-corrected chi connectivity index (χ4v) is 1.27. The van der Waals surface area contributed by atoms with E-state index in [-0.39, 0.29) is 5.92 Å². The Bertz CT molecular complexity index is 258. The topological polar surface area (TPSA) is 20.2 Å². The van der Waals surface area contributed by atoms with E-state index in [1.165, 1.54) is 0 Å². The Hall–Kier alpha value is -0.530. The molecule has 0 radical (unpaired) electrons. The van der Waals surface area contributed by atoms with Crippen LogP contribution in [0.2, 0.25) is 5.02 Å². The van der Waals surface area contributed by atoms with Crippen molar-refractivity contribution in [3.63, 3.8) is 0 Å². The van der Waals surface area contributed by atoms with Crippen molar-refractivity contribution in [2.24, 2.45) is 5.92 Å². The Kier molecular flexibility index (Phi) is 3.12. The lowest BCUT2D eigenvalue weighted by atomic mass is 9.99. The molecule has 0 bridgehead atoms. The number of hydrogen-bond donors (Lipinski definition) is 1. The SMILES string of the molecule is CC(C)C(O)c1cccc(Cl)c1. The standard InChI is InChI=1S/C10H13ClO/c1-7(2)10(12)8-4-3-5-9(11)6-8/h3-7,10,12H,1-2H3. The molecule has 1 unspecified atom stereocenters. The van der Waals surface area contributed by atoms with Crippen LogP contribution in [0.1, 0.15) is 25.5 Å². The van der Waals surface area contributed by atoms with Gasteiger partial charge in [0.2, 0.25) is 0 Å². The van der Waals surface area contributed by atoms with Crippen LogP contribution in [0.15, 0.2) is 24.3 Å². The van der Waals surface area contributed by atoms with Gasteiger partial charge in [-0.1, -0.05) is 37.6 Å². The lowest BCUT2D eigenvalue weighted by Gasteiger charge is -2.14. The zero-order valence-electron chi connectivity index (χ0n) is 7.29. The first kappa shape index (κ1) is 9.56. The van der Waals surface area contributed by atoms with E-state index < -0.39 is 6.10 Å². The lowest BCUT2D eigenvalue weighted by Crippen LogP contribution is -2.04. The zero-order valence-corrected chi connectivity index (χ0v) is 8.05. The molecule has 1 rings (SSSR count). The average Bonchev–Trinajstić information content (AvgIpc) is 2.03. The van der Waals surface area contributed by atoms with Crippen molar-refractivity contribution >= 4 is 11.6 Å². The molecule has 0 aromatic heterocycles. The summed E-state index contributed by atoms with van der Waals surface area (Å²) >= 11 is 5.78. The van der Waals surface area contributed by atoms with E-state index in [2.05, 4.69) is 0 Å². The van der Waals surface area contributed by atoms with Gasteiger partial charge >= 0.3 is 0 Å². The molecule has 0 spiro atoms. The number of halogens is 1. The van der Waals surface area contributed by atoms with E-state index in [1.807, 2.05) is 26.0 Å². The number of aliphatic hydroxyl groups excluding tert-OH is 1. The van der Waals surface area contributed by atoms with Crippen molar-refractivity contribution in [2.45, 2.75) is 20.0 Å². The first-order valence-corrected chi connectivity index (χ1v) is 4.42. The molecule has 0 heterocycles. The minimum absolute atomic E-state index is 0.225. The summed E-state index contributed by atoms with van der Waals surface area (Å²) in [4.78, 5) is 0. The van der Waals surface area contributed by atoms with Gasteiger partial charge in [0, 0.05) is 5.02 Å². The maximum absolute atomic E-state index is 9.66. The van der Waals surface area contributed by atoms with Crippen LogP contribution in [0.25, 0.3) is 0 Å². The van der Waals surface area contributed by atoms with Crippen molar-refractivity contribution in [3.05, 3.63) is 34.9 Å². The second-order valence-electron chi connectivity index (χ2n) is 3.24. The number of benzene rings is 1. The summed E-state index contributed by atoms with van der Waals surface area (Å²) < 4.78 is 0. The minimum atomic E-state index is -0.413. The predicted octanol–water partition coefficient (Wildman–Crippen LogP) is 3.03. The summed E-state index contributed by atoms with van der Waals surface area (Å²) in [5.74, 6) is 0.225. The molecular weight excluding hydrogens is 172 g/mol. The molecule has 0 saturated carbocycles. The van der Waals surface area contributed by atoms with Gasteiger partial charge in [0.05, 0.1) is 6.10 Å². The van der Waals surface area contributed by atoms with Crippen LogP contribution in [0, 0.1) is 5.92 Å². The van der Waals surface area contributed by atoms with E-state index in [4.69, 9.17) is 11.6 Å². The Morgan fingerprint density at radius 3 is 2.50 bits per heavy atom. The second-order valence-corrected chi connectivity index (χ2v) is 3.68. The van der Waals surface area contributed by atoms with Crippen LogP contribution in [0.3, 0.4) is 0 Å². The predicted molar refractivity (Wildman–Crippen MR) is 51.2 cm³/mol. The van der Waals surface area contributed by atoms with E-state index in [0.29, 0.717) is 5.02 Å². The largest absolute Gasteiger partial charge is 0.388 e. The third-order valence-electron chi connectivity index (χ3n) is 1.82. The van der Waals surface area contributed by atoms with E-state index in [1.54, 1.807) is 12.1 Å². The van der Waals surface area contributed by atoms with Crippen molar-refractivity contribution in [3.8, 4) is 0 Å². The highest BCUT2D eigenvalue weighted by molar-refractivity contribution is 6.30. The van der Waals surface area contributed by atoms with Crippen LogP contribution in [-0.2, 0) is 0 Å². The Labute approximate surface area is 78.0 Å². The molecule has 66 valence electrons. The highest BCUT2D eigenvalue weighted by atomic mass is 35.5. The van der Waals surface area contributed by atoms with Crippen LogP contribution in [-0.4, -0.2) is 5.11 Å². The van der Waals surface area contributed by atoms with Crippen LogP contribution >= 0.6 is 11.6 Å². The second kappa shape index (κ2) is 3.92. The molecule has 0 fully saturated rings. The summed E-state index contributed by atoms with van der Waals surface area (Å²) in [7, 11) is 0. The summed E-state index contributed by atoms with van der Waals surface area (Å²) in [6, 6.07) is 7.34. The van der Waals surface area contributed by atoms with Crippen LogP contribution < -0.4 is 0 Å². The first-order chi connectivity index (χ1) is 5.61. The molecule has 1 aromatic rings. The van der Waals surface area contributed by atoms with E-state index >= 15 is 0 Å². The smallest absolute Gasteiger partial charge is 0.0813 e. The summed E-state index contributed by atoms with van der Waals surface area (Å²) in [6.07, 6.45) is -0.413. The van der Waals surface area contributed by atoms with E-state index in [9.17, 15) is 5.11 Å². The third-order valence-corrected chi connectivity index (χ3v) is 2.06. The van der Waals surface area contributed by atoms with Gasteiger partial charge in [-0.15, -0.1) is 0 Å².